The molecule has 1 aliphatic carbocycles. The van der Waals surface area contributed by atoms with Crippen LogP contribution in [0.15, 0.2) is 52.6 Å². The van der Waals surface area contributed by atoms with Crippen LogP contribution in [0, 0.1) is 0 Å². The van der Waals surface area contributed by atoms with E-state index in [1.807, 2.05) is 50.3 Å². The van der Waals surface area contributed by atoms with Crippen molar-refractivity contribution in [1.82, 2.24) is 5.32 Å². The minimum atomic E-state index is 0.0332. The van der Waals surface area contributed by atoms with Gasteiger partial charge in [0.1, 0.15) is 0 Å². The van der Waals surface area contributed by atoms with Crippen LogP contribution in [-0.4, -0.2) is 23.7 Å². The second-order valence-electron chi connectivity index (χ2n) is 6.68. The number of hydrogen-bond donors (Lipinski definition) is 2. The first-order valence-electron chi connectivity index (χ1n) is 8.65. The molecule has 0 bridgehead atoms. The molecule has 2 aliphatic rings. The Labute approximate surface area is 143 Å². The standard InChI is InChI=1S/C20H25N3O/c1-13(11-12-14(2)20(24)22-16-7-6-8-16)19-15(3)21-17-9-4-5-10-18(17)23-19/h4-5,9-12,15-16,21H,6-8H2,1-3H3,(H,22,24)/b13-11+,14-12+. The second-order valence-corrected chi connectivity index (χ2v) is 6.68. The number of amides is 1. The Hall–Kier alpha value is -2.36. The maximum absolute atomic E-state index is 12.1. The number of carbonyl (C=O) groups is 1. The van der Waals surface area contributed by atoms with E-state index >= 15 is 0 Å². The van der Waals surface area contributed by atoms with Crippen molar-refractivity contribution in [2.75, 3.05) is 5.32 Å². The molecule has 4 heteroatoms. The summed E-state index contributed by atoms with van der Waals surface area (Å²) < 4.78 is 0. The average molecular weight is 323 g/mol. The largest absolute Gasteiger partial charge is 0.375 e. The van der Waals surface area contributed by atoms with Crippen molar-refractivity contribution < 1.29 is 4.79 Å². The van der Waals surface area contributed by atoms with Gasteiger partial charge in [-0.15, -0.1) is 0 Å². The van der Waals surface area contributed by atoms with Crippen LogP contribution in [0.5, 0.6) is 0 Å². The fourth-order valence-corrected chi connectivity index (χ4v) is 2.91. The van der Waals surface area contributed by atoms with E-state index in [2.05, 4.69) is 17.6 Å². The first kappa shape index (κ1) is 16.5. The molecule has 0 saturated heterocycles. The topological polar surface area (TPSA) is 53.5 Å². The molecule has 2 N–H and O–H groups in total. The van der Waals surface area contributed by atoms with E-state index < -0.39 is 0 Å². The lowest BCUT2D eigenvalue weighted by molar-refractivity contribution is -0.118. The van der Waals surface area contributed by atoms with E-state index in [0.717, 1.165) is 41.1 Å². The maximum atomic E-state index is 12.1. The molecule has 1 fully saturated rings. The average Bonchev–Trinajstić information content (AvgIpc) is 2.54. The number of rotatable bonds is 4. The van der Waals surface area contributed by atoms with Crippen LogP contribution in [0.3, 0.4) is 0 Å². The van der Waals surface area contributed by atoms with Gasteiger partial charge in [0.25, 0.3) is 0 Å². The Morgan fingerprint density at radius 1 is 1.25 bits per heavy atom. The number of anilines is 1. The van der Waals surface area contributed by atoms with Crippen LogP contribution < -0.4 is 10.6 Å². The number of para-hydroxylation sites is 2. The molecule has 0 radical (unpaired) electrons. The molecule has 4 nitrogen and oxygen atoms in total. The summed E-state index contributed by atoms with van der Waals surface area (Å²) >= 11 is 0. The molecular formula is C20H25N3O. The Bertz CT molecular complexity index is 726. The third-order valence-corrected chi connectivity index (χ3v) is 4.71. The zero-order chi connectivity index (χ0) is 17.1. The molecule has 1 aromatic rings. The van der Waals surface area contributed by atoms with Crippen molar-refractivity contribution in [3.63, 3.8) is 0 Å². The minimum Gasteiger partial charge on any atom is -0.375 e. The summed E-state index contributed by atoms with van der Waals surface area (Å²) in [5, 5.41) is 6.53. The number of carbonyl (C=O) groups excluding carboxylic acids is 1. The molecular weight excluding hydrogens is 298 g/mol. The number of aliphatic imine (C=N–C) groups is 1. The third kappa shape index (κ3) is 3.58. The normalized spacial score (nSPS) is 21.3. The van der Waals surface area contributed by atoms with Gasteiger partial charge in [0.15, 0.2) is 0 Å². The molecule has 1 amide bonds. The van der Waals surface area contributed by atoms with Gasteiger partial charge < -0.3 is 10.6 Å². The Kier molecular flexibility index (Phi) is 4.84. The smallest absolute Gasteiger partial charge is 0.247 e. The molecule has 0 spiro atoms. The van der Waals surface area contributed by atoms with Gasteiger partial charge in [0.05, 0.1) is 23.1 Å². The summed E-state index contributed by atoms with van der Waals surface area (Å²) in [6, 6.07) is 8.57. The van der Waals surface area contributed by atoms with Crippen LogP contribution >= 0.6 is 0 Å². The van der Waals surface area contributed by atoms with Crippen LogP contribution in [0.1, 0.15) is 40.0 Å². The van der Waals surface area contributed by atoms with E-state index in [1.165, 1.54) is 6.42 Å². The van der Waals surface area contributed by atoms with E-state index in [4.69, 9.17) is 4.99 Å². The zero-order valence-corrected chi connectivity index (χ0v) is 14.6. The predicted octanol–water partition coefficient (Wildman–Crippen LogP) is 4.13. The van der Waals surface area contributed by atoms with Gasteiger partial charge in [-0.3, -0.25) is 4.79 Å². The summed E-state index contributed by atoms with van der Waals surface area (Å²) in [5.41, 5.74) is 4.84. The van der Waals surface area contributed by atoms with Gasteiger partial charge in [0, 0.05) is 11.6 Å². The number of allylic oxidation sites excluding steroid dienone is 2. The van der Waals surface area contributed by atoms with E-state index in [0.29, 0.717) is 6.04 Å². The first-order chi connectivity index (χ1) is 11.5. The van der Waals surface area contributed by atoms with Crippen molar-refractivity contribution >= 4 is 23.0 Å². The Morgan fingerprint density at radius 3 is 2.71 bits per heavy atom. The van der Waals surface area contributed by atoms with Gasteiger partial charge >= 0.3 is 0 Å². The molecule has 3 rings (SSSR count). The fourth-order valence-electron chi connectivity index (χ4n) is 2.91. The van der Waals surface area contributed by atoms with Crippen LogP contribution in [-0.2, 0) is 4.79 Å². The lowest BCUT2D eigenvalue weighted by Gasteiger charge is -2.26. The third-order valence-electron chi connectivity index (χ3n) is 4.71. The van der Waals surface area contributed by atoms with Gasteiger partial charge in [-0.25, -0.2) is 4.99 Å². The summed E-state index contributed by atoms with van der Waals surface area (Å²) in [4.78, 5) is 16.9. The highest BCUT2D eigenvalue weighted by atomic mass is 16.1. The minimum absolute atomic E-state index is 0.0332. The number of fused-ring (bicyclic) bond motifs is 1. The monoisotopic (exact) mass is 323 g/mol. The molecule has 1 aliphatic heterocycles. The highest BCUT2D eigenvalue weighted by Gasteiger charge is 2.20. The summed E-state index contributed by atoms with van der Waals surface area (Å²) in [6.07, 6.45) is 7.30. The predicted molar refractivity (Wildman–Crippen MR) is 99.9 cm³/mol. The van der Waals surface area contributed by atoms with Crippen molar-refractivity contribution in [3.8, 4) is 0 Å². The molecule has 24 heavy (non-hydrogen) atoms. The van der Waals surface area contributed by atoms with Crippen LogP contribution in [0.4, 0.5) is 11.4 Å². The fraction of sp³-hybridized carbons (Fsp3) is 0.400. The molecule has 1 heterocycles. The number of nitrogens with zero attached hydrogens (tertiary/aromatic N) is 1. The zero-order valence-electron chi connectivity index (χ0n) is 14.6. The van der Waals surface area contributed by atoms with Crippen molar-refractivity contribution in [3.05, 3.63) is 47.6 Å². The van der Waals surface area contributed by atoms with Crippen LogP contribution in [0.25, 0.3) is 0 Å². The highest BCUT2D eigenvalue weighted by molar-refractivity contribution is 6.09. The molecule has 0 aromatic heterocycles. The number of hydrogen-bond acceptors (Lipinski definition) is 3. The van der Waals surface area contributed by atoms with Gasteiger partial charge in [-0.1, -0.05) is 24.3 Å². The van der Waals surface area contributed by atoms with Gasteiger partial charge in [-0.2, -0.15) is 0 Å². The van der Waals surface area contributed by atoms with Crippen LogP contribution in [0.2, 0.25) is 0 Å². The van der Waals surface area contributed by atoms with Crippen molar-refractivity contribution in [2.24, 2.45) is 4.99 Å². The number of benzene rings is 1. The molecule has 1 saturated carbocycles. The Balaban J connectivity index is 1.74. The first-order valence-corrected chi connectivity index (χ1v) is 8.65. The highest BCUT2D eigenvalue weighted by Crippen LogP contribution is 2.30. The maximum Gasteiger partial charge on any atom is 0.247 e. The van der Waals surface area contributed by atoms with E-state index in [9.17, 15) is 4.79 Å². The van der Waals surface area contributed by atoms with E-state index in [1.54, 1.807) is 0 Å². The molecule has 1 unspecified atom stereocenters. The lowest BCUT2D eigenvalue weighted by atomic mass is 9.93. The Morgan fingerprint density at radius 2 is 2.00 bits per heavy atom. The van der Waals surface area contributed by atoms with Crippen molar-refractivity contribution in [1.29, 1.82) is 0 Å². The lowest BCUT2D eigenvalue weighted by Crippen LogP contribution is -2.39. The molecule has 1 aromatic carbocycles. The summed E-state index contributed by atoms with van der Waals surface area (Å²) in [6.45, 7) is 6.00. The van der Waals surface area contributed by atoms with E-state index in [-0.39, 0.29) is 11.9 Å². The SMILES string of the molecule is C/C(=C\C=C(/C)C1=Nc2ccccc2NC1C)C(=O)NC1CCC1. The summed E-state index contributed by atoms with van der Waals surface area (Å²) in [5.74, 6) is 0.0332. The van der Waals surface area contributed by atoms with Gasteiger partial charge in [-0.05, 0) is 57.7 Å². The quantitative estimate of drug-likeness (QED) is 0.646. The summed E-state index contributed by atoms with van der Waals surface area (Å²) in [7, 11) is 0. The number of nitrogens with one attached hydrogen (secondary N) is 2. The molecule has 1 atom stereocenters. The second kappa shape index (κ2) is 7.04. The molecule has 126 valence electrons. The van der Waals surface area contributed by atoms with Gasteiger partial charge in [0.2, 0.25) is 5.91 Å². The van der Waals surface area contributed by atoms with Crippen molar-refractivity contribution in [2.45, 2.75) is 52.1 Å².